The Labute approximate surface area is 311 Å². The first-order chi connectivity index (χ1) is 25.4. The Balaban J connectivity index is 1.11. The first-order valence-electron chi connectivity index (χ1n) is 18.4. The molecule has 1 heterocycles. The molecule has 3 aliphatic rings. The van der Waals surface area contributed by atoms with Crippen molar-refractivity contribution in [1.82, 2.24) is 0 Å². The average molecular weight is 691 g/mol. The third-order valence-corrected chi connectivity index (χ3v) is 12.0. The van der Waals surface area contributed by atoms with Crippen LogP contribution in [0.3, 0.4) is 0 Å². The van der Waals surface area contributed by atoms with Gasteiger partial charge in [0, 0.05) is 33.3 Å². The van der Waals surface area contributed by atoms with Crippen molar-refractivity contribution in [3.63, 3.8) is 0 Å². The number of carbonyl (C=O) groups is 1. The summed E-state index contributed by atoms with van der Waals surface area (Å²) in [6, 6.07) is 45.4. The van der Waals surface area contributed by atoms with E-state index in [1.807, 2.05) is 6.07 Å². The Morgan fingerprint density at radius 3 is 1.58 bits per heavy atom. The van der Waals surface area contributed by atoms with E-state index in [0.717, 1.165) is 39.6 Å². The van der Waals surface area contributed by atoms with Gasteiger partial charge in [-0.3, -0.25) is 4.99 Å². The zero-order valence-electron chi connectivity index (χ0n) is 31.0. The highest BCUT2D eigenvalue weighted by Gasteiger charge is 2.38. The maximum atomic E-state index is 11.7. The van der Waals surface area contributed by atoms with E-state index in [1.165, 1.54) is 44.5 Å². The highest BCUT2D eigenvalue weighted by Crippen LogP contribution is 2.53. The molecule has 6 aromatic carbocycles. The summed E-state index contributed by atoms with van der Waals surface area (Å²) in [4.78, 5) is 18.9. The molecule has 0 saturated carbocycles. The van der Waals surface area contributed by atoms with E-state index in [4.69, 9.17) is 4.99 Å². The first-order valence-corrected chi connectivity index (χ1v) is 18.4. The first kappa shape index (κ1) is 32.9. The Bertz CT molecular complexity index is 2460. The molecule has 4 heteroatoms. The van der Waals surface area contributed by atoms with Gasteiger partial charge in [-0.15, -0.1) is 0 Å². The molecule has 1 N–H and O–H groups in total. The Morgan fingerprint density at radius 1 is 0.528 bits per heavy atom. The second-order valence-corrected chi connectivity index (χ2v) is 16.2. The minimum Gasteiger partial charge on any atom is -0.478 e. The molecule has 6 aromatic rings. The second kappa shape index (κ2) is 11.5. The number of allylic oxidation sites excluding steroid dienone is 1. The molecule has 0 saturated heterocycles. The summed E-state index contributed by atoms with van der Waals surface area (Å²) in [5.74, 6) is -0.927. The number of hydrogen-bond acceptors (Lipinski definition) is 3. The lowest BCUT2D eigenvalue weighted by Gasteiger charge is -2.29. The number of aromatic carboxylic acids is 1. The lowest BCUT2D eigenvalue weighted by molar-refractivity contribution is 0.0696. The fourth-order valence-corrected chi connectivity index (χ4v) is 8.94. The van der Waals surface area contributed by atoms with Crippen molar-refractivity contribution >= 4 is 40.5 Å². The maximum Gasteiger partial charge on any atom is 0.335 e. The van der Waals surface area contributed by atoms with Crippen molar-refractivity contribution in [2.24, 2.45) is 4.99 Å². The smallest absolute Gasteiger partial charge is 0.335 e. The third-order valence-electron chi connectivity index (χ3n) is 12.0. The molecule has 0 amide bonds. The van der Waals surface area contributed by atoms with Crippen LogP contribution in [-0.2, 0) is 16.2 Å². The lowest BCUT2D eigenvalue weighted by Crippen LogP contribution is -2.24. The predicted octanol–water partition coefficient (Wildman–Crippen LogP) is 12.5. The van der Waals surface area contributed by atoms with E-state index in [0.29, 0.717) is 0 Å². The Kier molecular flexibility index (Phi) is 7.13. The summed E-state index contributed by atoms with van der Waals surface area (Å²) in [5.41, 5.74) is 17.4. The standard InChI is InChI=1S/C49H42N2O2/c1-47(2)39-13-9-7-11-35(39)37-23-21-33(28-41(37)47)51(34-22-24-38-36-12-8-10-14-40(36)48(3,4)42(38)29-34)32-19-15-30(16-20-32)17-26-45-49(5,6)43-27-31(46(52)53)18-25-44(43)50-45/h7-29H,1-6H3,(H,52,53)/b26-17+. The topological polar surface area (TPSA) is 52.9 Å². The largest absolute Gasteiger partial charge is 0.478 e. The Hall–Kier alpha value is -6.00. The average Bonchev–Trinajstić information content (AvgIpc) is 3.65. The van der Waals surface area contributed by atoms with Crippen molar-refractivity contribution in [3.8, 4) is 22.3 Å². The Morgan fingerprint density at radius 2 is 1.04 bits per heavy atom. The number of nitrogens with zero attached hydrogens (tertiary/aromatic N) is 2. The molecular weight excluding hydrogens is 649 g/mol. The number of anilines is 3. The highest BCUT2D eigenvalue weighted by atomic mass is 16.4. The van der Waals surface area contributed by atoms with E-state index in [-0.39, 0.29) is 16.4 Å². The molecule has 0 bridgehead atoms. The van der Waals surface area contributed by atoms with E-state index >= 15 is 0 Å². The van der Waals surface area contributed by atoms with Gasteiger partial charge in [-0.05, 0) is 116 Å². The summed E-state index contributed by atoms with van der Waals surface area (Å²) in [6.45, 7) is 13.5. The SMILES string of the molecule is CC1(C)C(/C=C/c2ccc(N(c3ccc4c(c3)C(C)(C)c3ccccc3-4)c3ccc4c(c3)C(C)(C)c3ccccc3-4)cc2)=Nc2ccc(C(=O)O)cc21. The van der Waals surface area contributed by atoms with Crippen LogP contribution in [0.25, 0.3) is 28.3 Å². The van der Waals surface area contributed by atoms with Crippen LogP contribution in [-0.4, -0.2) is 16.8 Å². The number of aliphatic imine (C=N–C) groups is 1. The summed E-state index contributed by atoms with van der Waals surface area (Å²) in [7, 11) is 0. The molecular formula is C49H42N2O2. The molecule has 0 spiro atoms. The number of carboxylic acids is 1. The summed E-state index contributed by atoms with van der Waals surface area (Å²) < 4.78 is 0. The van der Waals surface area contributed by atoms with Crippen LogP contribution in [0.1, 0.15) is 85.3 Å². The number of benzene rings is 6. The molecule has 0 unspecified atom stereocenters. The predicted molar refractivity (Wildman–Crippen MR) is 219 cm³/mol. The fraction of sp³-hybridized carbons (Fsp3) is 0.184. The molecule has 1 aliphatic heterocycles. The van der Waals surface area contributed by atoms with Gasteiger partial charge in [0.25, 0.3) is 0 Å². The lowest BCUT2D eigenvalue weighted by atomic mass is 9.80. The minimum absolute atomic E-state index is 0.116. The zero-order chi connectivity index (χ0) is 36.9. The minimum atomic E-state index is -0.927. The van der Waals surface area contributed by atoms with Crippen LogP contribution in [0.15, 0.2) is 138 Å². The van der Waals surface area contributed by atoms with Crippen LogP contribution in [0, 0.1) is 0 Å². The van der Waals surface area contributed by atoms with Crippen molar-refractivity contribution in [1.29, 1.82) is 0 Å². The van der Waals surface area contributed by atoms with Gasteiger partial charge in [0.1, 0.15) is 0 Å². The number of fused-ring (bicyclic) bond motifs is 7. The maximum absolute atomic E-state index is 11.7. The van der Waals surface area contributed by atoms with E-state index in [9.17, 15) is 9.90 Å². The molecule has 9 rings (SSSR count). The molecule has 260 valence electrons. The van der Waals surface area contributed by atoms with Crippen LogP contribution >= 0.6 is 0 Å². The van der Waals surface area contributed by atoms with Gasteiger partial charge >= 0.3 is 5.97 Å². The number of rotatable bonds is 6. The molecule has 0 aromatic heterocycles. The molecule has 4 nitrogen and oxygen atoms in total. The normalized spacial score (nSPS) is 16.4. The van der Waals surface area contributed by atoms with Crippen LogP contribution in [0.2, 0.25) is 0 Å². The molecule has 2 aliphatic carbocycles. The molecule has 0 atom stereocenters. The van der Waals surface area contributed by atoms with Crippen molar-refractivity contribution in [2.45, 2.75) is 57.8 Å². The number of carboxylic acid groups (broad SMARTS) is 1. The van der Waals surface area contributed by atoms with Gasteiger partial charge in [0.2, 0.25) is 0 Å². The number of hydrogen-bond donors (Lipinski definition) is 1. The summed E-state index contributed by atoms with van der Waals surface area (Å²) in [5, 5.41) is 9.56. The third kappa shape index (κ3) is 4.96. The highest BCUT2D eigenvalue weighted by molar-refractivity contribution is 6.10. The van der Waals surface area contributed by atoms with E-state index in [2.05, 4.69) is 168 Å². The zero-order valence-corrected chi connectivity index (χ0v) is 31.0. The van der Waals surface area contributed by atoms with E-state index in [1.54, 1.807) is 12.1 Å². The summed E-state index contributed by atoms with van der Waals surface area (Å²) >= 11 is 0. The van der Waals surface area contributed by atoms with Crippen molar-refractivity contribution in [3.05, 3.63) is 172 Å². The van der Waals surface area contributed by atoms with Crippen molar-refractivity contribution < 1.29 is 9.90 Å². The van der Waals surface area contributed by atoms with Gasteiger partial charge < -0.3 is 10.0 Å². The van der Waals surface area contributed by atoms with E-state index < -0.39 is 11.4 Å². The van der Waals surface area contributed by atoms with Crippen LogP contribution in [0.4, 0.5) is 22.7 Å². The monoisotopic (exact) mass is 690 g/mol. The van der Waals surface area contributed by atoms with Crippen LogP contribution < -0.4 is 4.90 Å². The fourth-order valence-electron chi connectivity index (χ4n) is 8.94. The molecule has 53 heavy (non-hydrogen) atoms. The van der Waals surface area contributed by atoms with Gasteiger partial charge in [-0.25, -0.2) is 4.79 Å². The summed E-state index contributed by atoms with van der Waals surface area (Å²) in [6.07, 6.45) is 4.16. The second-order valence-electron chi connectivity index (χ2n) is 16.2. The quantitative estimate of drug-likeness (QED) is 0.189. The van der Waals surface area contributed by atoms with Crippen LogP contribution in [0.5, 0.6) is 0 Å². The molecule has 0 fully saturated rings. The van der Waals surface area contributed by atoms with Gasteiger partial charge in [-0.1, -0.05) is 120 Å². The van der Waals surface area contributed by atoms with Gasteiger partial charge in [-0.2, -0.15) is 0 Å². The van der Waals surface area contributed by atoms with Gasteiger partial charge in [0.05, 0.1) is 17.0 Å². The van der Waals surface area contributed by atoms with Gasteiger partial charge in [0.15, 0.2) is 0 Å². The van der Waals surface area contributed by atoms with Crippen molar-refractivity contribution in [2.75, 3.05) is 4.90 Å². The molecule has 0 radical (unpaired) electrons.